The maximum atomic E-state index is 13.2. The molecule has 0 amide bonds. The van der Waals surface area contributed by atoms with Gasteiger partial charge in [-0.25, -0.2) is 4.79 Å². The van der Waals surface area contributed by atoms with Gasteiger partial charge in [-0.3, -0.25) is 14.4 Å². The molecule has 0 aromatic heterocycles. The third kappa shape index (κ3) is 46.2. The quantitative estimate of drug-likeness (QED) is 0.0228. The van der Waals surface area contributed by atoms with Gasteiger partial charge in [-0.1, -0.05) is 217 Å². The lowest BCUT2D eigenvalue weighted by Gasteiger charge is -2.40. The average molecular weight is 1150 g/mol. The van der Waals surface area contributed by atoms with Gasteiger partial charge in [-0.15, -0.1) is 0 Å². The predicted molar refractivity (Wildman–Crippen MR) is 339 cm³/mol. The second-order valence-corrected chi connectivity index (χ2v) is 20.2. The van der Waals surface area contributed by atoms with Gasteiger partial charge >= 0.3 is 23.9 Å². The number of carbonyl (C=O) groups excluding carboxylic acids is 3. The number of unbranched alkanes of at least 4 members (excludes halogenated alkanes) is 8. The molecule has 0 spiro atoms. The fourth-order valence-electron chi connectivity index (χ4n) is 8.14. The molecule has 1 heterocycles. The van der Waals surface area contributed by atoms with Crippen LogP contribution >= 0.6 is 0 Å². The molecule has 0 saturated carbocycles. The molecule has 83 heavy (non-hydrogen) atoms. The lowest BCUT2D eigenvalue weighted by atomic mass is 9.98. The molecule has 0 aromatic carbocycles. The summed E-state index contributed by atoms with van der Waals surface area (Å²) in [6.07, 6.45) is 71.8. The molecule has 1 aliphatic rings. The summed E-state index contributed by atoms with van der Waals surface area (Å²) in [7, 11) is 0. The van der Waals surface area contributed by atoms with Gasteiger partial charge in [0.2, 0.25) is 0 Å². The molecule has 0 aliphatic carbocycles. The number of carboxylic acids is 1. The van der Waals surface area contributed by atoms with Crippen molar-refractivity contribution in [3.63, 3.8) is 0 Å². The first kappa shape index (κ1) is 75.1. The van der Waals surface area contributed by atoms with Crippen molar-refractivity contribution in [3.05, 3.63) is 170 Å². The number of carbonyl (C=O) groups is 4. The van der Waals surface area contributed by atoms with Crippen LogP contribution in [0.3, 0.4) is 0 Å². The highest BCUT2D eigenvalue weighted by Crippen LogP contribution is 2.26. The number of aliphatic carboxylic acids is 1. The summed E-state index contributed by atoms with van der Waals surface area (Å²) in [5, 5.41) is 31.5. The topological polar surface area (TPSA) is 175 Å². The molecule has 1 rings (SSSR count). The minimum Gasteiger partial charge on any atom is -0.479 e. The molecular weight excluding hydrogens is 1040 g/mol. The molecule has 462 valence electrons. The maximum absolute atomic E-state index is 13.2. The van der Waals surface area contributed by atoms with E-state index >= 15 is 0 Å². The molecular formula is C71H106O12. The summed E-state index contributed by atoms with van der Waals surface area (Å²) in [6, 6.07) is 0. The van der Waals surface area contributed by atoms with Gasteiger partial charge in [0.1, 0.15) is 18.8 Å². The number of esters is 3. The normalized spacial score (nSPS) is 18.8. The second-order valence-electron chi connectivity index (χ2n) is 20.2. The third-order valence-electron chi connectivity index (χ3n) is 12.8. The van der Waals surface area contributed by atoms with Gasteiger partial charge in [-0.2, -0.15) is 0 Å². The lowest BCUT2D eigenvalue weighted by molar-refractivity contribution is -0.301. The minimum atomic E-state index is -1.94. The molecule has 0 radical (unpaired) electrons. The van der Waals surface area contributed by atoms with Crippen molar-refractivity contribution in [2.45, 2.75) is 237 Å². The van der Waals surface area contributed by atoms with Crippen LogP contribution in [0, 0.1) is 0 Å². The Bertz CT molecular complexity index is 2090. The van der Waals surface area contributed by atoms with E-state index in [0.717, 1.165) is 135 Å². The zero-order valence-electron chi connectivity index (χ0n) is 50.9. The Morgan fingerprint density at radius 3 is 1.16 bits per heavy atom. The van der Waals surface area contributed by atoms with Crippen LogP contribution in [0.15, 0.2) is 170 Å². The molecule has 6 atom stereocenters. The molecule has 0 aromatic rings. The van der Waals surface area contributed by atoms with E-state index < -0.39 is 67.3 Å². The number of aliphatic hydroxyl groups excluding tert-OH is 2. The van der Waals surface area contributed by atoms with Gasteiger partial charge < -0.3 is 39.0 Å². The van der Waals surface area contributed by atoms with Crippen molar-refractivity contribution in [3.8, 4) is 0 Å². The van der Waals surface area contributed by atoms with E-state index in [4.69, 9.17) is 23.7 Å². The molecule has 12 nitrogen and oxygen atoms in total. The van der Waals surface area contributed by atoms with Crippen molar-refractivity contribution >= 4 is 23.9 Å². The molecule has 12 heteroatoms. The van der Waals surface area contributed by atoms with Crippen molar-refractivity contribution in [2.75, 3.05) is 13.2 Å². The van der Waals surface area contributed by atoms with E-state index in [2.05, 4.69) is 179 Å². The standard InChI is InChI=1S/C71H106O12/c1-4-7-10-13-16-19-22-25-28-30-32-34-37-39-42-45-48-51-54-57-63(72)79-60-62(81-64(73)58-55-52-49-46-43-41-38-35-33-31-29-26-23-20-17-14-11-8-5-2)61-80-71-69(67(76)66(75)68(83-71)70(77)78)82-65(74)59-56-53-50-47-44-40-36-27-24-21-18-15-12-9-6-3/h7-12,16-21,25-29,32-36,39,41-43,48,51,62,66-69,71,75-76H,4-6,13-15,22-24,30-31,37-38,40,44-47,49-50,52-61H2,1-3H3,(H,77,78)/b10-7-,11-8-,12-9-,19-16-,20-17-,21-18-,28-25-,29-26-,34-32-,35-33-,36-27-,42-39-,43-41-,51-48-. The van der Waals surface area contributed by atoms with E-state index in [1.807, 2.05) is 12.2 Å². The van der Waals surface area contributed by atoms with Gasteiger partial charge in [0, 0.05) is 19.3 Å². The SMILES string of the molecule is CC/C=C\C/C=C\C/C=C\C/C=C\C/C=C\C/C=C\CCC(=O)OCC(COC1OC(C(=O)O)C(O)C(O)C1OC(=O)CCCCCCC/C=C\C/C=C\C/C=C\CC)OC(=O)CCCCC/C=C\C/C=C\C/C=C\C/C=C\C/C=C\CC. The van der Waals surface area contributed by atoms with Crippen LogP contribution in [0.1, 0.15) is 201 Å². The van der Waals surface area contributed by atoms with Crippen LogP contribution in [0.25, 0.3) is 0 Å². The van der Waals surface area contributed by atoms with E-state index in [1.54, 1.807) is 0 Å². The summed E-state index contributed by atoms with van der Waals surface area (Å²) in [6.45, 7) is 5.54. The predicted octanol–water partition coefficient (Wildman–Crippen LogP) is 16.7. The van der Waals surface area contributed by atoms with Crippen molar-refractivity contribution in [1.29, 1.82) is 0 Å². The van der Waals surface area contributed by atoms with Crippen LogP contribution in [-0.4, -0.2) is 89.2 Å². The highest BCUT2D eigenvalue weighted by atomic mass is 16.7. The van der Waals surface area contributed by atoms with Gasteiger partial charge in [-0.05, 0) is 135 Å². The fraction of sp³-hybridized carbons (Fsp3) is 0.549. The zero-order valence-corrected chi connectivity index (χ0v) is 50.9. The summed E-state index contributed by atoms with van der Waals surface area (Å²) in [5.74, 6) is -3.33. The van der Waals surface area contributed by atoms with Crippen LogP contribution in [0.2, 0.25) is 0 Å². The second kappa shape index (κ2) is 56.6. The Morgan fingerprint density at radius 2 is 0.747 bits per heavy atom. The largest absolute Gasteiger partial charge is 0.479 e. The molecule has 1 fully saturated rings. The minimum absolute atomic E-state index is 0.0190. The highest BCUT2D eigenvalue weighted by molar-refractivity contribution is 5.74. The number of aliphatic hydroxyl groups is 2. The number of rotatable bonds is 50. The summed E-state index contributed by atoms with van der Waals surface area (Å²) in [4.78, 5) is 51.3. The fourth-order valence-corrected chi connectivity index (χ4v) is 8.14. The lowest BCUT2D eigenvalue weighted by Crippen LogP contribution is -2.61. The van der Waals surface area contributed by atoms with Crippen LogP contribution < -0.4 is 0 Å². The van der Waals surface area contributed by atoms with Gasteiger partial charge in [0.05, 0.1) is 6.61 Å². The number of hydrogen-bond acceptors (Lipinski definition) is 11. The highest BCUT2D eigenvalue weighted by Gasteiger charge is 2.50. The summed E-state index contributed by atoms with van der Waals surface area (Å²) in [5.41, 5.74) is 0. The van der Waals surface area contributed by atoms with Gasteiger partial charge in [0.15, 0.2) is 24.6 Å². The Balaban J connectivity index is 2.78. The number of ether oxygens (including phenoxy) is 5. The Morgan fingerprint density at radius 1 is 0.398 bits per heavy atom. The maximum Gasteiger partial charge on any atom is 0.335 e. The van der Waals surface area contributed by atoms with Gasteiger partial charge in [0.25, 0.3) is 0 Å². The first-order chi connectivity index (χ1) is 40.6. The smallest absolute Gasteiger partial charge is 0.335 e. The van der Waals surface area contributed by atoms with E-state index in [-0.39, 0.29) is 25.9 Å². The van der Waals surface area contributed by atoms with E-state index in [9.17, 15) is 34.5 Å². The number of allylic oxidation sites excluding steroid dienone is 28. The summed E-state index contributed by atoms with van der Waals surface area (Å²) < 4.78 is 28.3. The van der Waals surface area contributed by atoms with Crippen LogP contribution in [0.4, 0.5) is 0 Å². The average Bonchev–Trinajstić information content (AvgIpc) is 3.58. The molecule has 6 unspecified atom stereocenters. The van der Waals surface area contributed by atoms with Crippen LogP contribution in [0.5, 0.6) is 0 Å². The Labute approximate surface area is 500 Å². The number of hydrogen-bond donors (Lipinski definition) is 3. The number of carboxylic acid groups (broad SMARTS) is 1. The Kier molecular flexibility index (Phi) is 51.2. The van der Waals surface area contributed by atoms with Crippen molar-refractivity contribution in [2.24, 2.45) is 0 Å². The van der Waals surface area contributed by atoms with Crippen molar-refractivity contribution in [1.82, 2.24) is 0 Å². The molecule has 1 saturated heterocycles. The summed E-state index contributed by atoms with van der Waals surface area (Å²) >= 11 is 0. The zero-order chi connectivity index (χ0) is 60.3. The van der Waals surface area contributed by atoms with Crippen molar-refractivity contribution < 1.29 is 58.2 Å². The van der Waals surface area contributed by atoms with E-state index in [1.165, 1.54) is 0 Å². The van der Waals surface area contributed by atoms with Crippen LogP contribution in [-0.2, 0) is 42.9 Å². The molecule has 3 N–H and O–H groups in total. The van der Waals surface area contributed by atoms with E-state index in [0.29, 0.717) is 25.7 Å². The molecule has 0 bridgehead atoms. The third-order valence-corrected chi connectivity index (χ3v) is 12.8. The first-order valence-electron chi connectivity index (χ1n) is 31.1. The first-order valence-corrected chi connectivity index (χ1v) is 31.1. The molecule has 1 aliphatic heterocycles. The Hall–Kier alpha value is -5.92. The monoisotopic (exact) mass is 1150 g/mol.